The van der Waals surface area contributed by atoms with E-state index in [2.05, 4.69) is 22.3 Å². The fraction of sp³-hybridized carbons (Fsp3) is 0.400. The van der Waals surface area contributed by atoms with Crippen LogP contribution in [0.1, 0.15) is 24.0 Å². The van der Waals surface area contributed by atoms with Crippen molar-refractivity contribution in [1.29, 1.82) is 0 Å². The van der Waals surface area contributed by atoms with Crippen molar-refractivity contribution in [3.8, 4) is 0 Å². The number of hydrogen-bond acceptors (Lipinski definition) is 5. The molecule has 3 rings (SSSR count). The molecule has 1 aliphatic heterocycles. The Morgan fingerprint density at radius 2 is 1.56 bits per heavy atom. The Hall–Kier alpha value is -2.94. The molecule has 0 saturated carbocycles. The molecule has 0 spiro atoms. The summed E-state index contributed by atoms with van der Waals surface area (Å²) in [5.74, 6) is -2.96. The highest BCUT2D eigenvalue weighted by molar-refractivity contribution is 6.30. The first-order chi connectivity index (χ1) is 16.3. The van der Waals surface area contributed by atoms with E-state index in [0.717, 1.165) is 49.5 Å². The van der Waals surface area contributed by atoms with Gasteiger partial charge in [0.15, 0.2) is 0 Å². The summed E-state index contributed by atoms with van der Waals surface area (Å²) in [6.07, 6.45) is 3.04. The van der Waals surface area contributed by atoms with Gasteiger partial charge in [-0.2, -0.15) is 0 Å². The molecule has 3 N–H and O–H groups in total. The molecule has 1 fully saturated rings. The molecule has 0 bridgehead atoms. The minimum Gasteiger partial charge on any atom is -0.473 e. The van der Waals surface area contributed by atoms with E-state index in [-0.39, 0.29) is 5.91 Å². The second-order valence-electron chi connectivity index (χ2n) is 8.06. The lowest BCUT2D eigenvalue weighted by Crippen LogP contribution is -2.42. The summed E-state index contributed by atoms with van der Waals surface area (Å²) >= 11 is 5.90. The normalized spacial score (nSPS) is 14.0. The number of carbonyl (C=O) groups excluding carboxylic acids is 1. The molecule has 2 aromatic carbocycles. The molecule has 2 aromatic rings. The second kappa shape index (κ2) is 15.1. The van der Waals surface area contributed by atoms with E-state index in [1.807, 2.05) is 42.5 Å². The standard InChI is InChI=1S/C23H29ClN2O2.C2H2O4/c24-22-8-6-20(7-9-22)17-28-18-21-11-14-26(15-12-21)16-23(27)25-13-10-19-4-2-1-3-5-19;3-1(4)2(5)6/h1-9,21H,10-18H2,(H,25,27);(H,3,4)(H,5,6). The van der Waals surface area contributed by atoms with E-state index in [9.17, 15) is 4.79 Å². The summed E-state index contributed by atoms with van der Waals surface area (Å²) in [4.78, 5) is 32.6. The number of halogens is 1. The van der Waals surface area contributed by atoms with Gasteiger partial charge in [0.2, 0.25) is 5.91 Å². The highest BCUT2D eigenvalue weighted by atomic mass is 35.5. The van der Waals surface area contributed by atoms with Crippen molar-refractivity contribution in [2.75, 3.05) is 32.8 Å². The zero-order valence-corrected chi connectivity index (χ0v) is 19.7. The number of nitrogens with zero attached hydrogens (tertiary/aromatic N) is 1. The van der Waals surface area contributed by atoms with Crippen LogP contribution in [0.5, 0.6) is 0 Å². The van der Waals surface area contributed by atoms with E-state index < -0.39 is 11.9 Å². The van der Waals surface area contributed by atoms with E-state index in [1.165, 1.54) is 5.56 Å². The van der Waals surface area contributed by atoms with Crippen LogP contribution in [0, 0.1) is 5.92 Å². The predicted molar refractivity (Wildman–Crippen MR) is 129 cm³/mol. The van der Waals surface area contributed by atoms with Crippen LogP contribution in [-0.4, -0.2) is 65.7 Å². The number of benzene rings is 2. The first-order valence-electron chi connectivity index (χ1n) is 11.1. The van der Waals surface area contributed by atoms with Crippen LogP contribution in [0.15, 0.2) is 54.6 Å². The van der Waals surface area contributed by atoms with Crippen LogP contribution in [0.2, 0.25) is 5.02 Å². The minimum absolute atomic E-state index is 0.119. The quantitative estimate of drug-likeness (QED) is 0.462. The smallest absolute Gasteiger partial charge is 0.414 e. The van der Waals surface area contributed by atoms with Gasteiger partial charge < -0.3 is 20.3 Å². The summed E-state index contributed by atoms with van der Waals surface area (Å²) in [7, 11) is 0. The maximum absolute atomic E-state index is 12.1. The van der Waals surface area contributed by atoms with Gasteiger partial charge in [-0.25, -0.2) is 9.59 Å². The topological polar surface area (TPSA) is 116 Å². The van der Waals surface area contributed by atoms with Gasteiger partial charge in [-0.1, -0.05) is 54.1 Å². The van der Waals surface area contributed by atoms with Crippen molar-refractivity contribution in [2.45, 2.75) is 25.9 Å². The Kier molecular flexibility index (Phi) is 12.1. The predicted octanol–water partition coefficient (Wildman–Crippen LogP) is 3.08. The molecular formula is C25H31ClN2O6. The molecule has 1 heterocycles. The maximum atomic E-state index is 12.1. The third-order valence-corrected chi connectivity index (χ3v) is 5.62. The van der Waals surface area contributed by atoms with Crippen LogP contribution >= 0.6 is 11.6 Å². The highest BCUT2D eigenvalue weighted by Gasteiger charge is 2.20. The van der Waals surface area contributed by atoms with E-state index in [0.29, 0.717) is 25.6 Å². The van der Waals surface area contributed by atoms with Crippen LogP contribution < -0.4 is 5.32 Å². The van der Waals surface area contributed by atoms with Crippen molar-refractivity contribution in [2.24, 2.45) is 5.92 Å². The number of nitrogens with one attached hydrogen (secondary N) is 1. The van der Waals surface area contributed by atoms with E-state index in [1.54, 1.807) is 0 Å². The summed E-state index contributed by atoms with van der Waals surface area (Å²) in [5.41, 5.74) is 2.40. The highest BCUT2D eigenvalue weighted by Crippen LogP contribution is 2.18. The Morgan fingerprint density at radius 1 is 0.941 bits per heavy atom. The SMILES string of the molecule is O=C(CN1CCC(COCc2ccc(Cl)cc2)CC1)NCCc1ccccc1.O=C(O)C(=O)O. The van der Waals surface area contributed by atoms with Crippen LogP contribution in [0.25, 0.3) is 0 Å². The number of aliphatic carboxylic acids is 2. The van der Waals surface area contributed by atoms with Gasteiger partial charge in [0, 0.05) is 18.2 Å². The second-order valence-corrected chi connectivity index (χ2v) is 8.49. The molecule has 184 valence electrons. The van der Waals surface area contributed by atoms with Crippen LogP contribution in [-0.2, 0) is 32.1 Å². The minimum atomic E-state index is -1.82. The average molecular weight is 491 g/mol. The summed E-state index contributed by atoms with van der Waals surface area (Å²) < 4.78 is 5.87. The van der Waals surface area contributed by atoms with E-state index >= 15 is 0 Å². The lowest BCUT2D eigenvalue weighted by atomic mass is 9.98. The molecule has 0 unspecified atom stereocenters. The van der Waals surface area contributed by atoms with Crippen LogP contribution in [0.3, 0.4) is 0 Å². The van der Waals surface area contributed by atoms with Gasteiger partial charge in [0.1, 0.15) is 0 Å². The van der Waals surface area contributed by atoms with E-state index in [4.69, 9.17) is 36.1 Å². The maximum Gasteiger partial charge on any atom is 0.414 e. The first kappa shape index (κ1) is 27.3. The Labute approximate surface area is 204 Å². The lowest BCUT2D eigenvalue weighted by Gasteiger charge is -2.31. The Balaban J connectivity index is 0.000000604. The molecule has 9 heteroatoms. The lowest BCUT2D eigenvalue weighted by molar-refractivity contribution is -0.159. The molecular weight excluding hydrogens is 460 g/mol. The fourth-order valence-corrected chi connectivity index (χ4v) is 3.61. The number of ether oxygens (including phenoxy) is 1. The summed E-state index contributed by atoms with van der Waals surface area (Å²) in [5, 5.41) is 18.6. The fourth-order valence-electron chi connectivity index (χ4n) is 3.49. The first-order valence-corrected chi connectivity index (χ1v) is 11.5. The number of carboxylic acids is 2. The van der Waals surface area contributed by atoms with Crippen molar-refractivity contribution in [3.63, 3.8) is 0 Å². The molecule has 1 saturated heterocycles. The summed E-state index contributed by atoms with van der Waals surface area (Å²) in [6.45, 7) is 4.51. The molecule has 0 aliphatic carbocycles. The molecule has 34 heavy (non-hydrogen) atoms. The molecule has 0 aromatic heterocycles. The third kappa shape index (κ3) is 11.3. The van der Waals surface area contributed by atoms with Gasteiger partial charge in [-0.15, -0.1) is 0 Å². The average Bonchev–Trinajstić information content (AvgIpc) is 2.82. The van der Waals surface area contributed by atoms with Gasteiger partial charge in [0.25, 0.3) is 0 Å². The molecule has 0 atom stereocenters. The number of rotatable bonds is 9. The Morgan fingerprint density at radius 3 is 2.15 bits per heavy atom. The van der Waals surface area contributed by atoms with Crippen molar-refractivity contribution >= 4 is 29.4 Å². The van der Waals surface area contributed by atoms with Crippen molar-refractivity contribution in [3.05, 3.63) is 70.7 Å². The largest absolute Gasteiger partial charge is 0.473 e. The number of likely N-dealkylation sites (tertiary alicyclic amines) is 1. The molecule has 0 radical (unpaired) electrons. The summed E-state index contributed by atoms with van der Waals surface area (Å²) in [6, 6.07) is 18.0. The van der Waals surface area contributed by atoms with Gasteiger partial charge in [0.05, 0.1) is 13.2 Å². The Bertz CT molecular complexity index is 887. The number of hydrogen-bond donors (Lipinski definition) is 3. The van der Waals surface area contributed by atoms with Gasteiger partial charge >= 0.3 is 11.9 Å². The third-order valence-electron chi connectivity index (χ3n) is 5.37. The zero-order valence-electron chi connectivity index (χ0n) is 19.0. The monoisotopic (exact) mass is 490 g/mol. The van der Waals surface area contributed by atoms with Crippen molar-refractivity contribution < 1.29 is 29.3 Å². The molecule has 1 amide bonds. The number of amides is 1. The number of carboxylic acid groups (broad SMARTS) is 2. The van der Waals surface area contributed by atoms with Crippen LogP contribution in [0.4, 0.5) is 0 Å². The zero-order chi connectivity index (χ0) is 24.8. The van der Waals surface area contributed by atoms with Crippen molar-refractivity contribution in [1.82, 2.24) is 10.2 Å². The molecule has 8 nitrogen and oxygen atoms in total. The van der Waals surface area contributed by atoms with Gasteiger partial charge in [-0.05, 0) is 61.5 Å². The van der Waals surface area contributed by atoms with Gasteiger partial charge in [-0.3, -0.25) is 9.69 Å². The molecule has 1 aliphatic rings. The number of piperidine rings is 1. The number of carbonyl (C=O) groups is 3.